The zero-order valence-electron chi connectivity index (χ0n) is 11.2. The van der Waals surface area contributed by atoms with Gasteiger partial charge in [0.05, 0.1) is 12.5 Å². The SMILES string of the molecule is CO[C@@H](C)CC(=O)N1CCC[C@H](CCC(=O)O)C1. The Labute approximate surface area is 108 Å². The Balaban J connectivity index is 2.38. The van der Waals surface area contributed by atoms with Crippen molar-refractivity contribution in [3.8, 4) is 0 Å². The van der Waals surface area contributed by atoms with E-state index in [9.17, 15) is 9.59 Å². The summed E-state index contributed by atoms with van der Waals surface area (Å²) < 4.78 is 5.09. The fourth-order valence-corrected chi connectivity index (χ4v) is 2.31. The van der Waals surface area contributed by atoms with Crippen molar-refractivity contribution < 1.29 is 19.4 Å². The molecule has 0 unspecified atom stereocenters. The zero-order valence-corrected chi connectivity index (χ0v) is 11.2. The average Bonchev–Trinajstić information content (AvgIpc) is 2.36. The van der Waals surface area contributed by atoms with E-state index < -0.39 is 5.97 Å². The normalized spacial score (nSPS) is 21.7. The molecule has 0 aromatic carbocycles. The summed E-state index contributed by atoms with van der Waals surface area (Å²) in [4.78, 5) is 24.4. The van der Waals surface area contributed by atoms with Crippen LogP contribution in [0.15, 0.2) is 0 Å². The molecule has 5 heteroatoms. The Hall–Kier alpha value is -1.10. The zero-order chi connectivity index (χ0) is 13.5. The van der Waals surface area contributed by atoms with Gasteiger partial charge in [-0.1, -0.05) is 0 Å². The van der Waals surface area contributed by atoms with Crippen LogP contribution >= 0.6 is 0 Å². The average molecular weight is 257 g/mol. The molecule has 0 aromatic heterocycles. The third kappa shape index (κ3) is 5.04. The van der Waals surface area contributed by atoms with Crippen LogP contribution < -0.4 is 0 Å². The number of carbonyl (C=O) groups excluding carboxylic acids is 1. The van der Waals surface area contributed by atoms with Crippen molar-refractivity contribution >= 4 is 11.9 Å². The summed E-state index contributed by atoms with van der Waals surface area (Å²) in [6.45, 7) is 3.37. The van der Waals surface area contributed by atoms with E-state index in [1.807, 2.05) is 11.8 Å². The Kier molecular flexibility index (Phi) is 6.12. The number of aliphatic carboxylic acids is 1. The summed E-state index contributed by atoms with van der Waals surface area (Å²) in [5.41, 5.74) is 0. The minimum absolute atomic E-state index is 0.0584. The molecule has 1 fully saturated rings. The maximum Gasteiger partial charge on any atom is 0.303 e. The second-order valence-electron chi connectivity index (χ2n) is 5.03. The number of methoxy groups -OCH3 is 1. The number of amides is 1. The van der Waals surface area contributed by atoms with Gasteiger partial charge in [0.2, 0.25) is 5.91 Å². The summed E-state index contributed by atoms with van der Waals surface area (Å²) in [7, 11) is 1.60. The molecule has 1 saturated heterocycles. The van der Waals surface area contributed by atoms with Crippen LogP contribution in [0.2, 0.25) is 0 Å². The third-order valence-electron chi connectivity index (χ3n) is 3.50. The van der Waals surface area contributed by atoms with Gasteiger partial charge in [-0.15, -0.1) is 0 Å². The lowest BCUT2D eigenvalue weighted by Crippen LogP contribution is -2.41. The van der Waals surface area contributed by atoms with Crippen LogP contribution in [-0.2, 0) is 14.3 Å². The number of piperidine rings is 1. The van der Waals surface area contributed by atoms with Gasteiger partial charge in [-0.3, -0.25) is 9.59 Å². The molecule has 1 heterocycles. The predicted octanol–water partition coefficient (Wildman–Crippen LogP) is 1.51. The number of hydrogen-bond acceptors (Lipinski definition) is 3. The number of carboxylic acid groups (broad SMARTS) is 1. The molecule has 1 aliphatic heterocycles. The Morgan fingerprint density at radius 2 is 2.22 bits per heavy atom. The van der Waals surface area contributed by atoms with E-state index in [2.05, 4.69) is 0 Å². The van der Waals surface area contributed by atoms with Gasteiger partial charge in [0, 0.05) is 26.6 Å². The molecule has 0 aliphatic carbocycles. The molecule has 1 N–H and O–H groups in total. The van der Waals surface area contributed by atoms with Gasteiger partial charge in [-0.25, -0.2) is 0 Å². The molecule has 5 nitrogen and oxygen atoms in total. The van der Waals surface area contributed by atoms with Crippen molar-refractivity contribution in [3.63, 3.8) is 0 Å². The predicted molar refractivity (Wildman–Crippen MR) is 67.3 cm³/mol. The van der Waals surface area contributed by atoms with Gasteiger partial charge in [0.15, 0.2) is 0 Å². The maximum absolute atomic E-state index is 12.0. The highest BCUT2D eigenvalue weighted by Gasteiger charge is 2.24. The van der Waals surface area contributed by atoms with Crippen LogP contribution in [0.5, 0.6) is 0 Å². The smallest absolute Gasteiger partial charge is 0.303 e. The second kappa shape index (κ2) is 7.36. The van der Waals surface area contributed by atoms with Crippen molar-refractivity contribution in [2.24, 2.45) is 5.92 Å². The molecule has 104 valence electrons. The minimum atomic E-state index is -0.758. The molecule has 2 atom stereocenters. The molecule has 1 rings (SSSR count). The fraction of sp³-hybridized carbons (Fsp3) is 0.846. The first-order chi connectivity index (χ1) is 8.52. The molecular weight excluding hydrogens is 234 g/mol. The Morgan fingerprint density at radius 1 is 1.50 bits per heavy atom. The monoisotopic (exact) mass is 257 g/mol. The first-order valence-electron chi connectivity index (χ1n) is 6.55. The summed E-state index contributed by atoms with van der Waals surface area (Å²) in [5.74, 6) is -0.313. The topological polar surface area (TPSA) is 66.8 Å². The van der Waals surface area contributed by atoms with Crippen molar-refractivity contribution in [1.82, 2.24) is 4.90 Å². The maximum atomic E-state index is 12.0. The quantitative estimate of drug-likeness (QED) is 0.783. The van der Waals surface area contributed by atoms with E-state index in [-0.39, 0.29) is 18.4 Å². The molecule has 1 amide bonds. The number of carbonyl (C=O) groups is 2. The second-order valence-corrected chi connectivity index (χ2v) is 5.03. The number of rotatable bonds is 6. The van der Waals surface area contributed by atoms with Gasteiger partial charge in [-0.05, 0) is 32.1 Å². The molecule has 18 heavy (non-hydrogen) atoms. The number of hydrogen-bond donors (Lipinski definition) is 1. The van der Waals surface area contributed by atoms with Gasteiger partial charge in [-0.2, -0.15) is 0 Å². The van der Waals surface area contributed by atoms with Crippen LogP contribution in [-0.4, -0.2) is 48.2 Å². The molecule has 0 radical (unpaired) electrons. The standard InChI is InChI=1S/C13H23NO4/c1-10(18-2)8-12(15)14-7-3-4-11(9-14)5-6-13(16)17/h10-11H,3-9H2,1-2H3,(H,16,17)/t10-,11+/m0/s1. The van der Waals surface area contributed by atoms with Crippen molar-refractivity contribution in [2.45, 2.75) is 45.1 Å². The highest BCUT2D eigenvalue weighted by molar-refractivity contribution is 5.76. The number of carboxylic acids is 1. The summed E-state index contributed by atoms with van der Waals surface area (Å²) >= 11 is 0. The first-order valence-corrected chi connectivity index (χ1v) is 6.55. The number of ether oxygens (including phenoxy) is 1. The molecular formula is C13H23NO4. The summed E-state index contributed by atoms with van der Waals surface area (Å²) in [6, 6.07) is 0. The van der Waals surface area contributed by atoms with Crippen molar-refractivity contribution in [3.05, 3.63) is 0 Å². The minimum Gasteiger partial charge on any atom is -0.481 e. The lowest BCUT2D eigenvalue weighted by molar-refractivity contribution is -0.137. The largest absolute Gasteiger partial charge is 0.481 e. The summed E-state index contributed by atoms with van der Waals surface area (Å²) in [5, 5.41) is 8.67. The van der Waals surface area contributed by atoms with Crippen molar-refractivity contribution in [1.29, 1.82) is 0 Å². The number of likely N-dealkylation sites (tertiary alicyclic amines) is 1. The molecule has 0 saturated carbocycles. The van der Waals surface area contributed by atoms with Crippen LogP contribution in [0, 0.1) is 5.92 Å². The van der Waals surface area contributed by atoms with Crippen molar-refractivity contribution in [2.75, 3.05) is 20.2 Å². The first kappa shape index (κ1) is 15.0. The highest BCUT2D eigenvalue weighted by atomic mass is 16.5. The number of nitrogens with zero attached hydrogens (tertiary/aromatic N) is 1. The van der Waals surface area contributed by atoms with E-state index >= 15 is 0 Å². The Morgan fingerprint density at radius 3 is 2.83 bits per heavy atom. The fourth-order valence-electron chi connectivity index (χ4n) is 2.31. The van der Waals surface area contributed by atoms with E-state index in [0.29, 0.717) is 25.3 Å². The molecule has 0 bridgehead atoms. The van der Waals surface area contributed by atoms with E-state index in [1.165, 1.54) is 0 Å². The van der Waals surface area contributed by atoms with E-state index in [0.717, 1.165) is 19.4 Å². The lowest BCUT2D eigenvalue weighted by atomic mass is 9.93. The van der Waals surface area contributed by atoms with Gasteiger partial charge < -0.3 is 14.7 Å². The van der Waals surface area contributed by atoms with Crippen LogP contribution in [0.25, 0.3) is 0 Å². The molecule has 0 aromatic rings. The van der Waals surface area contributed by atoms with Gasteiger partial charge in [0.25, 0.3) is 0 Å². The van der Waals surface area contributed by atoms with E-state index in [4.69, 9.17) is 9.84 Å². The third-order valence-corrected chi connectivity index (χ3v) is 3.50. The van der Waals surface area contributed by atoms with E-state index in [1.54, 1.807) is 7.11 Å². The van der Waals surface area contributed by atoms with Crippen LogP contribution in [0.4, 0.5) is 0 Å². The summed E-state index contributed by atoms with van der Waals surface area (Å²) in [6.07, 6.45) is 3.20. The molecule has 0 spiro atoms. The lowest BCUT2D eigenvalue weighted by Gasteiger charge is -2.33. The highest BCUT2D eigenvalue weighted by Crippen LogP contribution is 2.21. The van der Waals surface area contributed by atoms with Crippen LogP contribution in [0.1, 0.15) is 39.0 Å². The van der Waals surface area contributed by atoms with Gasteiger partial charge in [0.1, 0.15) is 0 Å². The molecule has 1 aliphatic rings. The van der Waals surface area contributed by atoms with Crippen LogP contribution in [0.3, 0.4) is 0 Å². The Bertz CT molecular complexity index is 293. The van der Waals surface area contributed by atoms with Gasteiger partial charge >= 0.3 is 5.97 Å².